The highest BCUT2D eigenvalue weighted by atomic mass is 127. The zero-order valence-corrected chi connectivity index (χ0v) is 68.2. The number of aliphatic hydroxyl groups is 8. The number of hydrogen-bond acceptors (Lipinski definition) is 28. The molecule has 4 saturated heterocycles. The second-order valence-corrected chi connectivity index (χ2v) is 30.1. The summed E-state index contributed by atoms with van der Waals surface area (Å²) in [6.45, 7) is 11.7. The van der Waals surface area contributed by atoms with Crippen LogP contribution in [0.2, 0.25) is 47.9 Å². The number of aliphatic hydroxyl groups excluding tert-OH is 4. The molecule has 0 bridgehead atoms. The highest BCUT2D eigenvalue weighted by molar-refractivity contribution is 14.1. The maximum absolute atomic E-state index is 11.3. The first-order chi connectivity index (χ1) is 50.8. The molecule has 0 aromatic carbocycles. The maximum Gasteiger partial charge on any atom is 0.272 e. The van der Waals surface area contributed by atoms with Gasteiger partial charge in [-0.3, -0.25) is 0 Å². The molecule has 33 nitrogen and oxygen atoms in total. The lowest BCUT2D eigenvalue weighted by atomic mass is 9.93. The number of H-pyrrole nitrogens is 2. The Kier molecular flexibility index (Phi) is 27.7. The van der Waals surface area contributed by atoms with E-state index in [-0.39, 0.29) is 26.4 Å². The lowest BCUT2D eigenvalue weighted by Crippen LogP contribution is -2.48. The molecule has 4 fully saturated rings. The lowest BCUT2D eigenvalue weighted by molar-refractivity contribution is -0.185. The number of nitrogens with one attached hydrogen (secondary N) is 2. The number of anilines is 1. The smallest absolute Gasteiger partial charge is 0.272 e. The molecule has 14 rings (SSSR count). The first-order valence-corrected chi connectivity index (χ1v) is 37.2. The van der Waals surface area contributed by atoms with Crippen LogP contribution in [0.25, 0.3) is 55.2 Å². The molecule has 0 spiro atoms. The van der Waals surface area contributed by atoms with Crippen LogP contribution in [0, 0.1) is 14.3 Å². The number of methoxy groups -OCH3 is 1. The van der Waals surface area contributed by atoms with Crippen LogP contribution < -0.4 is 5.73 Å². The monoisotopic (exact) mass is 1970 g/mol. The fourth-order valence-electron chi connectivity index (χ4n) is 11.9. The molecule has 12 N–H and O–H groups in total. The number of aromatic nitrogens is 15. The predicted octanol–water partition coefficient (Wildman–Crippen LogP) is 4.99. The molecular weight excluding hydrogens is 1900 g/mol. The Labute approximate surface area is 677 Å². The van der Waals surface area contributed by atoms with Crippen molar-refractivity contribution in [3.8, 4) is 0 Å². The first-order valence-electron chi connectivity index (χ1n) is 33.7. The molecule has 560 valence electrons. The van der Waals surface area contributed by atoms with Crippen molar-refractivity contribution in [3.05, 3.63) is 104 Å². The average molecular weight is 1980 g/mol. The van der Waals surface area contributed by atoms with E-state index in [9.17, 15) is 40.9 Å². The average Bonchev–Trinajstić information content (AvgIpc) is 1.60. The molecule has 45 heteroatoms. The van der Waals surface area contributed by atoms with Gasteiger partial charge in [0, 0.05) is 57.7 Å². The van der Waals surface area contributed by atoms with Crippen molar-refractivity contribution in [1.29, 1.82) is 5.34 Å². The van der Waals surface area contributed by atoms with Crippen LogP contribution in [0.5, 0.6) is 0 Å². The van der Waals surface area contributed by atoms with Crippen LogP contribution in [0.4, 0.5) is 5.82 Å². The number of rotatable bonds is 16. The Morgan fingerprint density at radius 3 is 1.38 bits per heavy atom. The van der Waals surface area contributed by atoms with Crippen LogP contribution in [0.1, 0.15) is 46.4 Å². The maximum atomic E-state index is 11.3. The minimum Gasteiger partial charge on any atom is -0.437 e. The van der Waals surface area contributed by atoms with E-state index in [0.29, 0.717) is 59.5 Å². The fourth-order valence-corrected chi connectivity index (χ4v) is 16.4. The number of nitrogens with zero attached hydrogens (tertiary/aromatic N) is 13. The number of nitrogens with two attached hydrogens (primary N) is 1. The zero-order chi connectivity index (χ0) is 79.4. The second kappa shape index (κ2) is 36.6. The van der Waals surface area contributed by atoms with Gasteiger partial charge in [-0.05, 0) is 124 Å². The summed E-state index contributed by atoms with van der Waals surface area (Å²) in [5.74, 6) is 0.333. The number of aromatic amines is 2. The van der Waals surface area contributed by atoms with Crippen molar-refractivity contribution in [2.24, 2.45) is 0 Å². The van der Waals surface area contributed by atoms with Crippen molar-refractivity contribution < 1.29 is 83.2 Å². The van der Waals surface area contributed by atoms with Gasteiger partial charge in [-0.1, -0.05) is 73.7 Å². The number of fused-ring (bicyclic) bond motifs is 5. The van der Waals surface area contributed by atoms with Crippen LogP contribution in [-0.2, 0) is 42.3 Å². The van der Waals surface area contributed by atoms with Crippen molar-refractivity contribution in [3.63, 3.8) is 0 Å². The van der Waals surface area contributed by atoms with Crippen LogP contribution in [0.3, 0.4) is 0 Å². The van der Waals surface area contributed by atoms with Gasteiger partial charge >= 0.3 is 0 Å². The molecule has 0 amide bonds. The molecule has 104 heavy (non-hydrogen) atoms. The number of nitrogen functional groups attached to an aromatic ring is 1. The van der Waals surface area contributed by atoms with Crippen LogP contribution in [-0.4, -0.2) is 261 Å². The van der Waals surface area contributed by atoms with Gasteiger partial charge in [0.05, 0.1) is 53.4 Å². The molecule has 1 unspecified atom stereocenters. The summed E-state index contributed by atoms with van der Waals surface area (Å²) in [7, 11) is -1.66. The largest absolute Gasteiger partial charge is 0.437 e. The third-order valence-electron chi connectivity index (χ3n) is 17.0. The Balaban J connectivity index is 0.000000153. The molecule has 4 aliphatic heterocycles. The minimum atomic E-state index is -1.57. The predicted molar refractivity (Wildman–Crippen MR) is 425 cm³/mol. The highest BCUT2D eigenvalue weighted by Gasteiger charge is 2.57. The molecule has 4 aliphatic rings. The summed E-state index contributed by atoms with van der Waals surface area (Å²) in [6.07, 6.45) is 5.38. The summed E-state index contributed by atoms with van der Waals surface area (Å²) in [4.78, 5) is 46.1. The summed E-state index contributed by atoms with van der Waals surface area (Å²) in [5.41, 5.74) is 2.98. The van der Waals surface area contributed by atoms with E-state index in [4.69, 9.17) is 99.8 Å². The topological polar surface area (TPSA) is 446 Å². The molecule has 0 radical (unpaired) electrons. The van der Waals surface area contributed by atoms with Gasteiger partial charge in [0.25, 0.3) is 29.8 Å². The molecule has 10 aromatic rings. The second-order valence-electron chi connectivity index (χ2n) is 24.0. The SMILES string of the molecule is C[C@@]1(O)[C@H](O)[C@@H](CO)O[C@H]1n1cc(I)c2c(Cl)ncnc21.C[C@@]1(O)[C@H](O)[C@@H](CO)O[C@H]1n1cc(I)c2c(N)ncnc21.Clc1ncnc2[nH]cc(I)c12.Clc1ncnc2[nH]ccc12.[2H]B(C)OC[C@H]1OC(OC)[C@](C)(O)[C@@H]1OB([2H])C.[2H]B(C)OC[C@H]1O[C@@H](n2cc(I)c3c(Cl)ncnc32)[C@](C)(O)[C@@H]1OB([2H])C. The van der Waals surface area contributed by atoms with Gasteiger partial charge in [0.1, 0.15) is 158 Å². The zero-order valence-electron chi connectivity index (χ0n) is 60.6. The first kappa shape index (κ1) is 78.7. The normalized spacial score (nSPS) is 29.0. The van der Waals surface area contributed by atoms with Crippen molar-refractivity contribution >= 4 is 228 Å². The third-order valence-corrected chi connectivity index (χ3v) is 21.4. The minimum absolute atomic E-state index is 0.0563. The highest BCUT2D eigenvalue weighted by Crippen LogP contribution is 2.45. The van der Waals surface area contributed by atoms with E-state index in [1.165, 1.54) is 52.6 Å². The molecular formula is C59H74B4Cl4I4N16O17. The Bertz CT molecular complexity index is 4580. The molecule has 16 atom stereocenters. The number of halogens is 8. The van der Waals surface area contributed by atoms with Crippen LogP contribution in [0.15, 0.2) is 68.7 Å². The van der Waals surface area contributed by atoms with E-state index in [0.717, 1.165) is 36.3 Å². The van der Waals surface area contributed by atoms with Gasteiger partial charge in [-0.25, -0.2) is 49.8 Å². The van der Waals surface area contributed by atoms with E-state index in [2.05, 4.69) is 150 Å². The summed E-state index contributed by atoms with van der Waals surface area (Å²) in [5, 5.41) is 86.7. The third kappa shape index (κ3) is 17.8. The van der Waals surface area contributed by atoms with Crippen molar-refractivity contribution in [2.45, 2.75) is 151 Å². The standard InChI is InChI=1S/C14H19B2ClIN3O4.C12H13ClIN3O4.C12H15IN4O4.C9H20B2O5.C6H3ClIN3.C6H4ClN3/c1-14(22)10(25-16-3)8(5-23-15-2)24-13(14)21-4-7(18)9-11(17)19-6-20-12(9)21;1-12(20)8(19)6(3-18)21-11(12)17-2-5(14)7-9(13)15-4-16-10(7)17;1-12(20)8(19)6(3-18)21-11(12)17-2-5(13)7-9(14)15-4-16-10(7)17;1-9(12)7(16-11-3)6(5-14-10-2)15-8(9)13-4;7-5-4-3(8)1-9-6(4)11-2-10-5;7-5-4-1-2-8-6(4)10-3-9-5/h4,6,8,10,13,15-16,22H,5H2,1-3H3;2,4,6,8,11,18-20H,3H2,1H3;2,4,6,8,11,18-20H,3H2,1H3,(H2,14,15,16);6-8,10-12H,5H2,1-4H3;1-2H,(H,9,10,11);1-3H,(H,8,9,10)/t8-,10-,13-,14-;2*6-,8-,11-,12-;6-,7-,8?,9-;;/m1111../s1/i15D,16D;;;10D,11D;;. The molecule has 10 aromatic heterocycles. The molecule has 14 heterocycles. The fraction of sp³-hybridized carbons (Fsp3) is 0.492. The summed E-state index contributed by atoms with van der Waals surface area (Å²) < 4.78 is 87.7. The van der Waals surface area contributed by atoms with Gasteiger partial charge in [-0.2, -0.15) is 0 Å². The van der Waals surface area contributed by atoms with Gasteiger partial charge in [0.15, 0.2) is 25.0 Å². The van der Waals surface area contributed by atoms with E-state index < -0.39 is 126 Å². The summed E-state index contributed by atoms with van der Waals surface area (Å²) >= 11 is 32.3. The van der Waals surface area contributed by atoms with Crippen LogP contribution >= 0.6 is 137 Å². The Morgan fingerprint density at radius 1 is 0.529 bits per heavy atom. The lowest BCUT2D eigenvalue weighted by Gasteiger charge is -2.30. The van der Waals surface area contributed by atoms with E-state index >= 15 is 0 Å². The molecule has 0 saturated carbocycles. The van der Waals surface area contributed by atoms with Gasteiger partial charge in [0.2, 0.25) is 0 Å². The Hall–Kier alpha value is -3.44. The number of ether oxygens (including phenoxy) is 5. The van der Waals surface area contributed by atoms with Crippen molar-refractivity contribution in [1.82, 2.24) is 73.5 Å². The van der Waals surface area contributed by atoms with Crippen molar-refractivity contribution in [2.75, 3.05) is 39.3 Å². The van der Waals surface area contributed by atoms with Gasteiger partial charge < -0.3 is 113 Å². The number of hydrogen-bond donors (Lipinski definition) is 11. The van der Waals surface area contributed by atoms with E-state index in [1.54, 1.807) is 79.6 Å². The van der Waals surface area contributed by atoms with Gasteiger partial charge in [-0.15, -0.1) is 0 Å². The van der Waals surface area contributed by atoms with E-state index in [1.807, 2.05) is 12.3 Å². The Morgan fingerprint density at radius 2 is 0.933 bits per heavy atom. The quantitative estimate of drug-likeness (QED) is 0.0345. The molecule has 0 aliphatic carbocycles. The summed E-state index contributed by atoms with van der Waals surface area (Å²) in [6, 6.07) is 1.84.